The maximum atomic E-state index is 9.94. The number of rotatable bonds is 5. The lowest BCUT2D eigenvalue weighted by Gasteiger charge is -2.40. The molecule has 33 heavy (non-hydrogen) atoms. The SMILES string of the molecule is COC1CC1.Cc1nc(N2CCC3(CCCC3)CC2)c(CO)nc1Sc1ccnc(N)c1Cl. The van der Waals surface area contributed by atoms with Crippen molar-refractivity contribution in [1.82, 2.24) is 15.0 Å². The van der Waals surface area contributed by atoms with Crippen molar-refractivity contribution in [3.05, 3.63) is 28.7 Å². The Balaban J connectivity index is 0.000000459. The van der Waals surface area contributed by atoms with Crippen LogP contribution in [0.3, 0.4) is 0 Å². The third kappa shape index (κ3) is 5.91. The van der Waals surface area contributed by atoms with E-state index in [-0.39, 0.29) is 6.61 Å². The Kier molecular flexibility index (Phi) is 7.99. The van der Waals surface area contributed by atoms with Gasteiger partial charge in [0.05, 0.1) is 23.4 Å². The van der Waals surface area contributed by atoms with Gasteiger partial charge in [-0.3, -0.25) is 0 Å². The van der Waals surface area contributed by atoms with Crippen LogP contribution in [0, 0.1) is 12.3 Å². The Hall–Kier alpha value is -1.61. The van der Waals surface area contributed by atoms with Crippen molar-refractivity contribution in [2.45, 2.75) is 80.9 Å². The minimum absolute atomic E-state index is 0.135. The van der Waals surface area contributed by atoms with Crippen LogP contribution in [-0.2, 0) is 11.3 Å². The first-order chi connectivity index (χ1) is 15.9. The number of nitrogens with zero attached hydrogens (tertiary/aromatic N) is 4. The molecule has 7 nitrogen and oxygen atoms in total. The van der Waals surface area contributed by atoms with Gasteiger partial charge >= 0.3 is 0 Å². The second-order valence-electron chi connectivity index (χ2n) is 9.28. The lowest BCUT2D eigenvalue weighted by Crippen LogP contribution is -2.40. The number of hydrogen-bond acceptors (Lipinski definition) is 8. The largest absolute Gasteiger partial charge is 0.390 e. The van der Waals surface area contributed by atoms with E-state index < -0.39 is 0 Å². The third-order valence-electron chi connectivity index (χ3n) is 6.96. The van der Waals surface area contributed by atoms with E-state index in [2.05, 4.69) is 9.88 Å². The van der Waals surface area contributed by atoms with Crippen molar-refractivity contribution in [2.24, 2.45) is 5.41 Å². The van der Waals surface area contributed by atoms with Crippen LogP contribution in [0.15, 0.2) is 22.2 Å². The van der Waals surface area contributed by atoms with Crippen molar-refractivity contribution in [3.63, 3.8) is 0 Å². The van der Waals surface area contributed by atoms with Gasteiger partial charge in [-0.1, -0.05) is 36.2 Å². The lowest BCUT2D eigenvalue weighted by molar-refractivity contribution is 0.183. The van der Waals surface area contributed by atoms with Crippen LogP contribution >= 0.6 is 23.4 Å². The molecule has 2 aliphatic carbocycles. The van der Waals surface area contributed by atoms with Crippen molar-refractivity contribution in [3.8, 4) is 0 Å². The molecule has 0 atom stereocenters. The van der Waals surface area contributed by atoms with E-state index in [1.807, 2.05) is 13.0 Å². The van der Waals surface area contributed by atoms with Gasteiger partial charge in [-0.25, -0.2) is 15.0 Å². The number of ether oxygens (including phenoxy) is 1. The van der Waals surface area contributed by atoms with Gasteiger partial charge in [0, 0.05) is 31.3 Å². The van der Waals surface area contributed by atoms with Gasteiger partial charge < -0.3 is 20.5 Å². The zero-order chi connectivity index (χ0) is 23.4. The van der Waals surface area contributed by atoms with E-state index in [4.69, 9.17) is 32.0 Å². The predicted octanol–water partition coefficient (Wildman–Crippen LogP) is 5.01. The molecule has 3 aliphatic rings. The number of aliphatic hydroxyl groups excluding tert-OH is 1. The molecule has 0 radical (unpaired) electrons. The molecule has 180 valence electrons. The van der Waals surface area contributed by atoms with E-state index in [0.717, 1.165) is 34.5 Å². The van der Waals surface area contributed by atoms with Gasteiger partial charge in [-0.05, 0) is 56.9 Å². The van der Waals surface area contributed by atoms with E-state index in [1.165, 1.54) is 63.1 Å². The van der Waals surface area contributed by atoms with E-state index in [9.17, 15) is 5.11 Å². The Morgan fingerprint density at radius 3 is 2.48 bits per heavy atom. The molecule has 3 N–H and O–H groups in total. The standard InChI is InChI=1S/C20H26ClN5OS.C4H8O/c1-13-19(28-15-4-9-23-17(22)16(15)21)25-14(12-27)18(24-13)26-10-7-20(8-11-26)5-2-3-6-20;1-5-4-2-3-4/h4,9,27H,2-3,5-8,10-12H2,1H3,(H2,22,23);4H,2-3H2,1H3. The molecule has 1 saturated heterocycles. The summed E-state index contributed by atoms with van der Waals surface area (Å²) in [7, 11) is 1.76. The summed E-state index contributed by atoms with van der Waals surface area (Å²) in [6.07, 6.45) is 12.7. The van der Waals surface area contributed by atoms with Gasteiger partial charge in [0.2, 0.25) is 0 Å². The minimum atomic E-state index is -0.135. The number of hydrogen-bond donors (Lipinski definition) is 2. The number of pyridine rings is 1. The fraction of sp³-hybridized carbons (Fsp3) is 0.625. The minimum Gasteiger partial charge on any atom is -0.390 e. The highest BCUT2D eigenvalue weighted by molar-refractivity contribution is 7.99. The lowest BCUT2D eigenvalue weighted by atomic mass is 9.77. The van der Waals surface area contributed by atoms with Gasteiger partial charge in [0.25, 0.3) is 0 Å². The Labute approximate surface area is 205 Å². The number of anilines is 2. The quantitative estimate of drug-likeness (QED) is 0.602. The number of piperidine rings is 1. The third-order valence-corrected chi connectivity index (χ3v) is 8.61. The maximum absolute atomic E-state index is 9.94. The topological polar surface area (TPSA) is 97.4 Å². The zero-order valence-corrected chi connectivity index (χ0v) is 21.1. The fourth-order valence-electron chi connectivity index (χ4n) is 4.73. The van der Waals surface area contributed by atoms with Crippen molar-refractivity contribution in [2.75, 3.05) is 30.8 Å². The van der Waals surface area contributed by atoms with E-state index in [0.29, 0.717) is 28.1 Å². The first-order valence-corrected chi connectivity index (χ1v) is 13.0. The number of aliphatic hydroxyl groups is 1. The molecule has 5 rings (SSSR count). The van der Waals surface area contributed by atoms with Crippen LogP contribution in [0.4, 0.5) is 11.6 Å². The average molecular weight is 492 g/mol. The molecular formula is C24H34ClN5O2S. The van der Waals surface area contributed by atoms with Gasteiger partial charge in [-0.2, -0.15) is 0 Å². The fourth-order valence-corrected chi connectivity index (χ4v) is 5.83. The summed E-state index contributed by atoms with van der Waals surface area (Å²) in [5.74, 6) is 1.11. The molecule has 1 aliphatic heterocycles. The second-order valence-corrected chi connectivity index (χ2v) is 10.7. The first kappa shape index (κ1) is 24.5. The monoisotopic (exact) mass is 491 g/mol. The molecule has 0 amide bonds. The van der Waals surface area contributed by atoms with Crippen LogP contribution in [0.2, 0.25) is 5.02 Å². The van der Waals surface area contributed by atoms with Crippen LogP contribution in [0.25, 0.3) is 0 Å². The summed E-state index contributed by atoms with van der Waals surface area (Å²) >= 11 is 7.67. The van der Waals surface area contributed by atoms with Gasteiger partial charge in [0.1, 0.15) is 16.5 Å². The smallest absolute Gasteiger partial charge is 0.153 e. The van der Waals surface area contributed by atoms with Crippen molar-refractivity contribution < 1.29 is 9.84 Å². The van der Waals surface area contributed by atoms with E-state index >= 15 is 0 Å². The number of aryl methyl sites for hydroxylation is 1. The normalized spacial score (nSPS) is 19.5. The van der Waals surface area contributed by atoms with Crippen LogP contribution < -0.4 is 10.6 Å². The molecule has 9 heteroatoms. The molecule has 1 spiro atoms. The highest BCUT2D eigenvalue weighted by Gasteiger charge is 2.37. The maximum Gasteiger partial charge on any atom is 0.153 e. The van der Waals surface area contributed by atoms with Crippen molar-refractivity contribution in [1.29, 1.82) is 0 Å². The van der Waals surface area contributed by atoms with Gasteiger partial charge in [-0.15, -0.1) is 0 Å². The van der Waals surface area contributed by atoms with E-state index in [1.54, 1.807) is 13.3 Å². The number of nitrogens with two attached hydrogens (primary N) is 1. The number of nitrogen functional groups attached to an aromatic ring is 1. The summed E-state index contributed by atoms with van der Waals surface area (Å²) in [6.45, 7) is 3.78. The van der Waals surface area contributed by atoms with Gasteiger partial charge in [0.15, 0.2) is 5.82 Å². The number of halogens is 1. The molecule has 2 saturated carbocycles. The molecule has 2 aromatic heterocycles. The zero-order valence-electron chi connectivity index (χ0n) is 19.5. The van der Waals surface area contributed by atoms with Crippen LogP contribution in [0.5, 0.6) is 0 Å². The van der Waals surface area contributed by atoms with Crippen LogP contribution in [0.1, 0.15) is 62.8 Å². The first-order valence-electron chi connectivity index (χ1n) is 11.8. The molecule has 2 aromatic rings. The molecule has 0 unspecified atom stereocenters. The van der Waals surface area contributed by atoms with Crippen LogP contribution in [-0.4, -0.2) is 46.4 Å². The molecule has 3 fully saturated rings. The molecular weight excluding hydrogens is 458 g/mol. The number of methoxy groups -OCH3 is 1. The average Bonchev–Trinajstić information content (AvgIpc) is 3.58. The summed E-state index contributed by atoms with van der Waals surface area (Å²) in [5.41, 5.74) is 7.79. The summed E-state index contributed by atoms with van der Waals surface area (Å²) < 4.78 is 4.86. The Bertz CT molecular complexity index is 956. The Morgan fingerprint density at radius 2 is 1.91 bits per heavy atom. The highest BCUT2D eigenvalue weighted by atomic mass is 35.5. The number of aromatic nitrogens is 3. The highest BCUT2D eigenvalue weighted by Crippen LogP contribution is 2.47. The molecule has 0 bridgehead atoms. The summed E-state index contributed by atoms with van der Waals surface area (Å²) in [4.78, 5) is 16.6. The Morgan fingerprint density at radius 1 is 1.21 bits per heavy atom. The summed E-state index contributed by atoms with van der Waals surface area (Å²) in [5, 5.41) is 11.1. The second kappa shape index (κ2) is 10.8. The molecule has 3 heterocycles. The summed E-state index contributed by atoms with van der Waals surface area (Å²) in [6, 6.07) is 1.81. The molecule has 0 aromatic carbocycles. The van der Waals surface area contributed by atoms with Crippen molar-refractivity contribution >= 4 is 35.0 Å². The predicted molar refractivity (Wildman–Crippen MR) is 133 cm³/mol.